The summed E-state index contributed by atoms with van der Waals surface area (Å²) in [5, 5.41) is 4.12. The van der Waals surface area contributed by atoms with E-state index in [1.54, 1.807) is 4.90 Å². The van der Waals surface area contributed by atoms with Crippen LogP contribution >= 0.6 is 0 Å². The Bertz CT molecular complexity index is 1020. The molecule has 3 amide bonds. The van der Waals surface area contributed by atoms with Crippen molar-refractivity contribution in [3.8, 4) is 0 Å². The zero-order chi connectivity index (χ0) is 20.2. The molecule has 2 heterocycles. The monoisotopic (exact) mass is 390 g/mol. The SMILES string of the molecule is Cc1cccc(NC(=O)N2CCN(C(=O)CCc3c[nH]c4ccccc34)CC2)c1. The van der Waals surface area contributed by atoms with Crippen LogP contribution in [0.25, 0.3) is 10.9 Å². The molecule has 2 N–H and O–H groups in total. The number of piperazine rings is 1. The number of aromatic nitrogens is 1. The number of anilines is 1. The Morgan fingerprint density at radius 1 is 1.00 bits per heavy atom. The summed E-state index contributed by atoms with van der Waals surface area (Å²) in [5.41, 5.74) is 4.17. The topological polar surface area (TPSA) is 68.4 Å². The maximum atomic E-state index is 12.6. The Kier molecular flexibility index (Phi) is 5.51. The summed E-state index contributed by atoms with van der Waals surface area (Å²) in [6.45, 7) is 4.26. The Labute approximate surface area is 170 Å². The molecule has 1 saturated heterocycles. The number of amides is 3. The standard InChI is InChI=1S/C23H26N4O2/c1-17-5-4-6-19(15-17)25-23(29)27-13-11-26(12-14-27)22(28)10-9-18-16-24-21-8-3-2-7-20(18)21/h2-8,15-16,24H,9-14H2,1H3,(H,25,29). The lowest BCUT2D eigenvalue weighted by molar-refractivity contribution is -0.132. The van der Waals surface area contributed by atoms with Gasteiger partial charge in [0, 0.05) is 55.4 Å². The van der Waals surface area contributed by atoms with Gasteiger partial charge in [-0.1, -0.05) is 30.3 Å². The van der Waals surface area contributed by atoms with E-state index in [0.717, 1.165) is 23.2 Å². The summed E-state index contributed by atoms with van der Waals surface area (Å²) in [7, 11) is 0. The number of benzene rings is 2. The number of aryl methyl sites for hydroxylation is 2. The molecule has 150 valence electrons. The number of carbonyl (C=O) groups is 2. The molecule has 0 bridgehead atoms. The van der Waals surface area contributed by atoms with Crippen LogP contribution in [0.5, 0.6) is 0 Å². The molecule has 0 saturated carbocycles. The van der Waals surface area contributed by atoms with Crippen molar-refractivity contribution in [2.24, 2.45) is 0 Å². The van der Waals surface area contributed by atoms with Gasteiger partial charge < -0.3 is 20.1 Å². The minimum atomic E-state index is -0.110. The second kappa shape index (κ2) is 8.39. The van der Waals surface area contributed by atoms with Gasteiger partial charge in [0.15, 0.2) is 0 Å². The molecule has 29 heavy (non-hydrogen) atoms. The first kappa shape index (κ1) is 19.1. The first-order valence-electron chi connectivity index (χ1n) is 10.1. The lowest BCUT2D eigenvalue weighted by Crippen LogP contribution is -2.51. The molecule has 0 unspecified atom stereocenters. The van der Waals surface area contributed by atoms with Gasteiger partial charge in [0.1, 0.15) is 0 Å². The molecule has 1 aliphatic heterocycles. The van der Waals surface area contributed by atoms with Crippen molar-refractivity contribution in [3.63, 3.8) is 0 Å². The van der Waals surface area contributed by atoms with Gasteiger partial charge in [-0.3, -0.25) is 4.79 Å². The summed E-state index contributed by atoms with van der Waals surface area (Å²) >= 11 is 0. The third kappa shape index (κ3) is 4.42. The molecule has 3 aromatic rings. The van der Waals surface area contributed by atoms with Crippen LogP contribution in [0.2, 0.25) is 0 Å². The second-order valence-electron chi connectivity index (χ2n) is 7.53. The summed E-state index contributed by atoms with van der Waals surface area (Å²) in [4.78, 5) is 32.0. The van der Waals surface area contributed by atoms with Crippen LogP contribution < -0.4 is 5.32 Å². The lowest BCUT2D eigenvalue weighted by Gasteiger charge is -2.34. The third-order valence-corrected chi connectivity index (χ3v) is 5.47. The normalized spacial score (nSPS) is 14.2. The fourth-order valence-corrected chi connectivity index (χ4v) is 3.82. The number of rotatable bonds is 4. The molecule has 6 heteroatoms. The van der Waals surface area contributed by atoms with E-state index < -0.39 is 0 Å². The van der Waals surface area contributed by atoms with E-state index >= 15 is 0 Å². The maximum absolute atomic E-state index is 12.6. The molecule has 1 aliphatic rings. The fraction of sp³-hybridized carbons (Fsp3) is 0.304. The summed E-state index contributed by atoms with van der Waals surface area (Å²) in [6, 6.07) is 15.8. The van der Waals surface area contributed by atoms with E-state index in [1.165, 1.54) is 10.9 Å². The van der Waals surface area contributed by atoms with E-state index in [0.29, 0.717) is 32.6 Å². The van der Waals surface area contributed by atoms with Crippen molar-refractivity contribution in [2.45, 2.75) is 19.8 Å². The first-order chi connectivity index (χ1) is 14.1. The molecule has 1 aromatic heterocycles. The van der Waals surface area contributed by atoms with Crippen LogP contribution in [-0.4, -0.2) is 52.9 Å². The highest BCUT2D eigenvalue weighted by molar-refractivity contribution is 5.89. The number of fused-ring (bicyclic) bond motifs is 1. The van der Waals surface area contributed by atoms with Gasteiger partial charge in [-0.05, 0) is 42.7 Å². The smallest absolute Gasteiger partial charge is 0.321 e. The van der Waals surface area contributed by atoms with Gasteiger partial charge in [-0.15, -0.1) is 0 Å². The molecule has 6 nitrogen and oxygen atoms in total. The average Bonchev–Trinajstić information content (AvgIpc) is 3.15. The highest BCUT2D eigenvalue weighted by atomic mass is 16.2. The van der Waals surface area contributed by atoms with Crippen molar-refractivity contribution in [1.29, 1.82) is 0 Å². The summed E-state index contributed by atoms with van der Waals surface area (Å²) in [5.74, 6) is 0.147. The predicted molar refractivity (Wildman–Crippen MR) is 115 cm³/mol. The third-order valence-electron chi connectivity index (χ3n) is 5.47. The van der Waals surface area contributed by atoms with E-state index in [1.807, 2.05) is 60.5 Å². The van der Waals surface area contributed by atoms with Crippen molar-refractivity contribution in [3.05, 3.63) is 65.9 Å². The van der Waals surface area contributed by atoms with E-state index in [9.17, 15) is 9.59 Å². The van der Waals surface area contributed by atoms with Crippen LogP contribution in [0.3, 0.4) is 0 Å². The highest BCUT2D eigenvalue weighted by Crippen LogP contribution is 2.19. The minimum absolute atomic E-state index is 0.110. The Balaban J connectivity index is 1.26. The molecule has 4 rings (SSSR count). The number of para-hydroxylation sites is 1. The summed E-state index contributed by atoms with van der Waals surface area (Å²) in [6.07, 6.45) is 3.19. The number of nitrogens with zero attached hydrogens (tertiary/aromatic N) is 2. The molecule has 0 spiro atoms. The molecule has 2 aromatic carbocycles. The number of hydrogen-bond acceptors (Lipinski definition) is 2. The quantitative estimate of drug-likeness (QED) is 0.712. The zero-order valence-corrected chi connectivity index (χ0v) is 16.6. The number of urea groups is 1. The fourth-order valence-electron chi connectivity index (χ4n) is 3.82. The predicted octanol–water partition coefficient (Wildman–Crippen LogP) is 3.79. The van der Waals surface area contributed by atoms with E-state index in [-0.39, 0.29) is 11.9 Å². The number of carbonyl (C=O) groups excluding carboxylic acids is 2. The van der Waals surface area contributed by atoms with Gasteiger partial charge in [0.2, 0.25) is 5.91 Å². The van der Waals surface area contributed by atoms with Crippen molar-refractivity contribution in [2.75, 3.05) is 31.5 Å². The molecule has 0 aliphatic carbocycles. The van der Waals surface area contributed by atoms with Crippen LogP contribution in [-0.2, 0) is 11.2 Å². The number of nitrogens with one attached hydrogen (secondary N) is 2. The van der Waals surface area contributed by atoms with Gasteiger partial charge in [0.05, 0.1) is 0 Å². The minimum Gasteiger partial charge on any atom is -0.361 e. The van der Waals surface area contributed by atoms with Crippen LogP contribution in [0, 0.1) is 6.92 Å². The van der Waals surface area contributed by atoms with Gasteiger partial charge in [0.25, 0.3) is 0 Å². The van der Waals surface area contributed by atoms with Crippen LogP contribution in [0.1, 0.15) is 17.5 Å². The van der Waals surface area contributed by atoms with Crippen molar-refractivity contribution < 1.29 is 9.59 Å². The van der Waals surface area contributed by atoms with Gasteiger partial charge in [-0.25, -0.2) is 4.79 Å². The number of hydrogen-bond donors (Lipinski definition) is 2. The first-order valence-corrected chi connectivity index (χ1v) is 10.1. The largest absolute Gasteiger partial charge is 0.361 e. The molecule has 0 atom stereocenters. The molecular formula is C23H26N4O2. The number of aromatic amines is 1. The average molecular weight is 390 g/mol. The zero-order valence-electron chi connectivity index (χ0n) is 16.6. The van der Waals surface area contributed by atoms with E-state index in [4.69, 9.17) is 0 Å². The number of H-pyrrole nitrogens is 1. The second-order valence-corrected chi connectivity index (χ2v) is 7.53. The Hall–Kier alpha value is -3.28. The molecule has 1 fully saturated rings. The molecule has 0 radical (unpaired) electrons. The van der Waals surface area contributed by atoms with Gasteiger partial charge in [-0.2, -0.15) is 0 Å². The van der Waals surface area contributed by atoms with Gasteiger partial charge >= 0.3 is 6.03 Å². The van der Waals surface area contributed by atoms with Crippen LogP contribution in [0.4, 0.5) is 10.5 Å². The summed E-state index contributed by atoms with van der Waals surface area (Å²) < 4.78 is 0. The Morgan fingerprint density at radius 3 is 2.55 bits per heavy atom. The van der Waals surface area contributed by atoms with E-state index in [2.05, 4.69) is 16.4 Å². The molecular weight excluding hydrogens is 364 g/mol. The maximum Gasteiger partial charge on any atom is 0.321 e. The Morgan fingerprint density at radius 2 is 1.76 bits per heavy atom. The van der Waals surface area contributed by atoms with Crippen LogP contribution in [0.15, 0.2) is 54.7 Å². The highest BCUT2D eigenvalue weighted by Gasteiger charge is 2.24. The lowest BCUT2D eigenvalue weighted by atomic mass is 10.1. The van der Waals surface area contributed by atoms with Crippen molar-refractivity contribution in [1.82, 2.24) is 14.8 Å². The van der Waals surface area contributed by atoms with Crippen molar-refractivity contribution >= 4 is 28.5 Å².